The number of hydrogen-bond donors (Lipinski definition) is 1. The minimum Gasteiger partial charge on any atom is -0.352 e. The van der Waals surface area contributed by atoms with Gasteiger partial charge in [-0.05, 0) is 64.5 Å². The van der Waals surface area contributed by atoms with Crippen LogP contribution in [0.15, 0.2) is 24.4 Å². The Hall–Kier alpha value is -2.08. The van der Waals surface area contributed by atoms with E-state index in [0.717, 1.165) is 18.4 Å². The summed E-state index contributed by atoms with van der Waals surface area (Å²) in [6.45, 7) is 6.21. The molecule has 1 aromatic carbocycles. The van der Waals surface area contributed by atoms with Gasteiger partial charge in [0.1, 0.15) is 12.2 Å². The standard InChI is InChI=1S/C23H31ClFN3O2/c1-15(2)27(4)20(29)14-28-13-17(21-18(24)6-5-7-19(21)28)22(30)26-12-16-8-10-23(3,25)11-9-16/h5-7,13,15-16H,8-12,14H2,1-4H3,(H,26,30). The first-order chi connectivity index (χ1) is 14.1. The van der Waals surface area contributed by atoms with Crippen LogP contribution in [-0.2, 0) is 11.3 Å². The summed E-state index contributed by atoms with van der Waals surface area (Å²) in [6.07, 6.45) is 4.31. The minimum absolute atomic E-state index is 0.0367. The Morgan fingerprint density at radius 1 is 1.33 bits per heavy atom. The van der Waals surface area contributed by atoms with E-state index in [1.54, 1.807) is 35.7 Å². The Morgan fingerprint density at radius 3 is 2.63 bits per heavy atom. The summed E-state index contributed by atoms with van der Waals surface area (Å²) in [6, 6.07) is 5.52. The summed E-state index contributed by atoms with van der Waals surface area (Å²) in [7, 11) is 1.77. The number of rotatable bonds is 6. The number of likely N-dealkylation sites (N-methyl/N-ethyl adjacent to an activating group) is 1. The predicted molar refractivity (Wildman–Crippen MR) is 119 cm³/mol. The maximum atomic E-state index is 14.0. The third kappa shape index (κ3) is 4.97. The highest BCUT2D eigenvalue weighted by atomic mass is 35.5. The molecule has 2 amide bonds. The van der Waals surface area contributed by atoms with Crippen LogP contribution in [0, 0.1) is 5.92 Å². The van der Waals surface area contributed by atoms with E-state index in [0.29, 0.717) is 35.4 Å². The van der Waals surface area contributed by atoms with E-state index in [9.17, 15) is 14.0 Å². The van der Waals surface area contributed by atoms with E-state index in [-0.39, 0.29) is 30.3 Å². The van der Waals surface area contributed by atoms with E-state index in [1.807, 2.05) is 26.0 Å². The smallest absolute Gasteiger partial charge is 0.253 e. The Kier molecular flexibility index (Phi) is 6.75. The lowest BCUT2D eigenvalue weighted by Gasteiger charge is -2.31. The van der Waals surface area contributed by atoms with Crippen molar-refractivity contribution >= 4 is 34.3 Å². The third-order valence-corrected chi connectivity index (χ3v) is 6.59. The molecule has 0 radical (unpaired) electrons. The Bertz CT molecular complexity index is 928. The average molecular weight is 436 g/mol. The fourth-order valence-electron chi connectivity index (χ4n) is 3.97. The molecule has 1 heterocycles. The van der Waals surface area contributed by atoms with Crippen LogP contribution < -0.4 is 5.32 Å². The van der Waals surface area contributed by atoms with Crippen LogP contribution in [-0.4, -0.2) is 46.6 Å². The zero-order valence-electron chi connectivity index (χ0n) is 18.2. The molecule has 1 fully saturated rings. The zero-order chi connectivity index (χ0) is 22.1. The van der Waals surface area contributed by atoms with E-state index in [1.165, 1.54) is 0 Å². The average Bonchev–Trinajstić information content (AvgIpc) is 3.06. The van der Waals surface area contributed by atoms with Gasteiger partial charge < -0.3 is 14.8 Å². The van der Waals surface area contributed by atoms with Gasteiger partial charge in [0.05, 0.1) is 16.1 Å². The molecule has 0 atom stereocenters. The van der Waals surface area contributed by atoms with Crippen molar-refractivity contribution in [3.05, 3.63) is 35.0 Å². The molecule has 0 unspecified atom stereocenters. The summed E-state index contributed by atoms with van der Waals surface area (Å²) < 4.78 is 15.8. The lowest BCUT2D eigenvalue weighted by atomic mass is 9.81. The lowest BCUT2D eigenvalue weighted by Crippen LogP contribution is -2.35. The van der Waals surface area contributed by atoms with Crippen molar-refractivity contribution in [1.29, 1.82) is 0 Å². The molecule has 30 heavy (non-hydrogen) atoms. The van der Waals surface area contributed by atoms with Gasteiger partial charge in [-0.3, -0.25) is 9.59 Å². The zero-order valence-corrected chi connectivity index (χ0v) is 18.9. The molecule has 2 aromatic rings. The molecule has 1 saturated carbocycles. The largest absolute Gasteiger partial charge is 0.352 e. The minimum atomic E-state index is -1.09. The summed E-state index contributed by atoms with van der Waals surface area (Å²) in [5.74, 6) is 0.0262. The molecular formula is C23H31ClFN3O2. The number of carbonyl (C=O) groups excluding carboxylic acids is 2. The van der Waals surface area contributed by atoms with Gasteiger partial charge in [0.25, 0.3) is 5.91 Å². The Morgan fingerprint density at radius 2 is 2.00 bits per heavy atom. The van der Waals surface area contributed by atoms with Crippen LogP contribution in [0.4, 0.5) is 4.39 Å². The number of aromatic nitrogens is 1. The summed E-state index contributed by atoms with van der Waals surface area (Å²) in [5.41, 5.74) is 0.127. The lowest BCUT2D eigenvalue weighted by molar-refractivity contribution is -0.131. The van der Waals surface area contributed by atoms with Gasteiger partial charge in [-0.15, -0.1) is 0 Å². The van der Waals surface area contributed by atoms with Gasteiger partial charge >= 0.3 is 0 Å². The number of benzene rings is 1. The number of hydrogen-bond acceptors (Lipinski definition) is 2. The molecule has 0 saturated heterocycles. The van der Waals surface area contributed by atoms with E-state index >= 15 is 0 Å². The number of fused-ring (bicyclic) bond motifs is 1. The van der Waals surface area contributed by atoms with Crippen LogP contribution in [0.25, 0.3) is 10.9 Å². The quantitative estimate of drug-likeness (QED) is 0.707. The summed E-state index contributed by atoms with van der Waals surface area (Å²) >= 11 is 6.42. The first kappa shape index (κ1) is 22.6. The molecule has 7 heteroatoms. The number of alkyl halides is 1. The summed E-state index contributed by atoms with van der Waals surface area (Å²) in [4.78, 5) is 27.2. The van der Waals surface area contributed by atoms with Crippen LogP contribution in [0.3, 0.4) is 0 Å². The highest BCUT2D eigenvalue weighted by Gasteiger charge is 2.31. The molecular weight excluding hydrogens is 405 g/mol. The fourth-order valence-corrected chi connectivity index (χ4v) is 4.24. The fraction of sp³-hybridized carbons (Fsp3) is 0.565. The van der Waals surface area contributed by atoms with Gasteiger partial charge in [-0.25, -0.2) is 4.39 Å². The molecule has 0 spiro atoms. The van der Waals surface area contributed by atoms with E-state index in [2.05, 4.69) is 5.32 Å². The van der Waals surface area contributed by atoms with Gasteiger partial charge in [-0.2, -0.15) is 0 Å². The highest BCUT2D eigenvalue weighted by molar-refractivity contribution is 6.36. The van der Waals surface area contributed by atoms with Crippen LogP contribution >= 0.6 is 11.6 Å². The van der Waals surface area contributed by atoms with Crippen LogP contribution in [0.2, 0.25) is 5.02 Å². The van der Waals surface area contributed by atoms with Crippen LogP contribution in [0.1, 0.15) is 56.8 Å². The van der Waals surface area contributed by atoms with E-state index < -0.39 is 5.67 Å². The topological polar surface area (TPSA) is 54.3 Å². The van der Waals surface area contributed by atoms with Crippen LogP contribution in [0.5, 0.6) is 0 Å². The first-order valence-corrected chi connectivity index (χ1v) is 11.0. The van der Waals surface area contributed by atoms with Crippen molar-refractivity contribution in [3.8, 4) is 0 Å². The second-order valence-corrected chi connectivity index (χ2v) is 9.38. The Balaban J connectivity index is 1.78. The third-order valence-electron chi connectivity index (χ3n) is 6.27. The van der Waals surface area contributed by atoms with Crippen molar-refractivity contribution < 1.29 is 14.0 Å². The van der Waals surface area contributed by atoms with Crippen molar-refractivity contribution in [2.75, 3.05) is 13.6 Å². The maximum absolute atomic E-state index is 14.0. The number of carbonyl (C=O) groups is 2. The first-order valence-electron chi connectivity index (χ1n) is 10.6. The van der Waals surface area contributed by atoms with Gasteiger partial charge in [-0.1, -0.05) is 17.7 Å². The van der Waals surface area contributed by atoms with E-state index in [4.69, 9.17) is 11.6 Å². The van der Waals surface area contributed by atoms with Crippen molar-refractivity contribution in [1.82, 2.24) is 14.8 Å². The normalized spacial score (nSPS) is 21.8. The molecule has 0 bridgehead atoms. The van der Waals surface area contributed by atoms with Gasteiger partial charge in [0.2, 0.25) is 5.91 Å². The molecule has 5 nitrogen and oxygen atoms in total. The maximum Gasteiger partial charge on any atom is 0.253 e. The number of halogens is 2. The van der Waals surface area contributed by atoms with Gasteiger partial charge in [0.15, 0.2) is 0 Å². The second-order valence-electron chi connectivity index (χ2n) is 8.97. The SMILES string of the molecule is CC(C)N(C)C(=O)Cn1cc(C(=O)NCC2CCC(C)(F)CC2)c2c(Cl)cccc21. The predicted octanol–water partition coefficient (Wildman–Crippen LogP) is 4.81. The monoisotopic (exact) mass is 435 g/mol. The number of nitrogens with zero attached hydrogens (tertiary/aromatic N) is 2. The second kappa shape index (κ2) is 8.96. The number of amides is 2. The van der Waals surface area contributed by atoms with Gasteiger partial charge in [0, 0.05) is 31.2 Å². The number of nitrogens with one attached hydrogen (secondary N) is 1. The molecule has 0 aliphatic heterocycles. The molecule has 1 N–H and O–H groups in total. The molecule has 1 aliphatic carbocycles. The highest BCUT2D eigenvalue weighted by Crippen LogP contribution is 2.34. The molecule has 1 aromatic heterocycles. The van der Waals surface area contributed by atoms with Crippen molar-refractivity contribution in [3.63, 3.8) is 0 Å². The van der Waals surface area contributed by atoms with Crippen molar-refractivity contribution in [2.45, 2.75) is 64.7 Å². The van der Waals surface area contributed by atoms with Crippen molar-refractivity contribution in [2.24, 2.45) is 5.92 Å². The molecule has 164 valence electrons. The molecule has 3 rings (SSSR count). The summed E-state index contributed by atoms with van der Waals surface area (Å²) in [5, 5.41) is 4.12. The molecule has 1 aliphatic rings. The Labute approximate surface area is 182 Å².